The number of halogens is 1. The summed E-state index contributed by atoms with van der Waals surface area (Å²) in [6.07, 6.45) is 0. The predicted molar refractivity (Wildman–Crippen MR) is 92.2 cm³/mol. The number of rotatable bonds is 2. The Morgan fingerprint density at radius 2 is 1.87 bits per heavy atom. The molecule has 0 spiro atoms. The molecule has 118 valence electrons. The van der Waals surface area contributed by atoms with Crippen LogP contribution in [0.4, 0.5) is 0 Å². The van der Waals surface area contributed by atoms with Crippen LogP contribution >= 0.6 is 22.9 Å². The van der Waals surface area contributed by atoms with E-state index >= 15 is 0 Å². The molecule has 0 fully saturated rings. The van der Waals surface area contributed by atoms with Gasteiger partial charge in [0.25, 0.3) is 5.56 Å². The van der Waals surface area contributed by atoms with Crippen molar-refractivity contribution in [1.29, 1.82) is 0 Å². The maximum absolute atomic E-state index is 12.4. The summed E-state index contributed by atoms with van der Waals surface area (Å²) in [4.78, 5) is 17.8. The molecule has 0 aliphatic heterocycles. The molecule has 2 heterocycles. The molecule has 1 N–H and O–H groups in total. The third-order valence-corrected chi connectivity index (χ3v) is 4.78. The summed E-state index contributed by atoms with van der Waals surface area (Å²) in [7, 11) is 1.56. The maximum atomic E-state index is 12.4. The summed E-state index contributed by atoms with van der Waals surface area (Å²) in [6, 6.07) is 7.33. The Balaban J connectivity index is 2.20. The van der Waals surface area contributed by atoms with E-state index in [0.717, 1.165) is 15.4 Å². The molecule has 0 unspecified atom stereocenters. The van der Waals surface area contributed by atoms with Crippen LogP contribution in [0.1, 0.15) is 10.6 Å². The second-order valence-electron chi connectivity index (χ2n) is 5.17. The number of thiazole rings is 1. The van der Waals surface area contributed by atoms with Crippen LogP contribution < -0.4 is 5.56 Å². The van der Waals surface area contributed by atoms with E-state index in [4.69, 9.17) is 11.6 Å². The zero-order valence-electron chi connectivity index (χ0n) is 12.8. The van der Waals surface area contributed by atoms with E-state index in [2.05, 4.69) is 10.1 Å². The lowest BCUT2D eigenvalue weighted by Crippen LogP contribution is -2.22. The summed E-state index contributed by atoms with van der Waals surface area (Å²) < 4.78 is 1.21. The summed E-state index contributed by atoms with van der Waals surface area (Å²) in [5.74, 6) is -0.121. The van der Waals surface area contributed by atoms with Crippen molar-refractivity contribution < 1.29 is 5.11 Å². The van der Waals surface area contributed by atoms with Gasteiger partial charge >= 0.3 is 0 Å². The van der Waals surface area contributed by atoms with Gasteiger partial charge in [0.2, 0.25) is 0 Å². The Morgan fingerprint density at radius 1 is 1.22 bits per heavy atom. The van der Waals surface area contributed by atoms with Gasteiger partial charge in [-0.1, -0.05) is 23.7 Å². The zero-order chi connectivity index (χ0) is 16.7. The van der Waals surface area contributed by atoms with Crippen molar-refractivity contribution in [2.75, 3.05) is 0 Å². The number of hydrogen-bond donors (Lipinski definition) is 1. The van der Waals surface area contributed by atoms with E-state index in [1.54, 1.807) is 26.1 Å². The molecule has 0 atom stereocenters. The number of nitrogens with zero attached hydrogens (tertiary/aromatic N) is 3. The zero-order valence-corrected chi connectivity index (χ0v) is 14.4. The highest BCUT2D eigenvalue weighted by Crippen LogP contribution is 2.36. The molecule has 0 aliphatic rings. The molecule has 7 heteroatoms. The van der Waals surface area contributed by atoms with Crippen LogP contribution in [-0.2, 0) is 7.05 Å². The van der Waals surface area contributed by atoms with Gasteiger partial charge in [-0.2, -0.15) is 5.10 Å². The summed E-state index contributed by atoms with van der Waals surface area (Å²) in [5, 5.41) is 15.7. The minimum absolute atomic E-state index is 0.121. The van der Waals surface area contributed by atoms with Crippen molar-refractivity contribution >= 4 is 22.9 Å². The van der Waals surface area contributed by atoms with Gasteiger partial charge in [0.15, 0.2) is 5.75 Å². The van der Waals surface area contributed by atoms with Gasteiger partial charge in [-0.25, -0.2) is 9.67 Å². The molecule has 0 radical (unpaired) electrons. The Labute approximate surface area is 141 Å². The van der Waals surface area contributed by atoms with E-state index < -0.39 is 0 Å². The van der Waals surface area contributed by atoms with Gasteiger partial charge in [0, 0.05) is 22.5 Å². The number of hydrogen-bond acceptors (Lipinski definition) is 5. The topological polar surface area (TPSA) is 68.0 Å². The average molecular weight is 348 g/mol. The van der Waals surface area contributed by atoms with Crippen molar-refractivity contribution in [3.8, 4) is 27.6 Å². The molecule has 0 amide bonds. The molecule has 3 rings (SSSR count). The highest BCUT2D eigenvalue weighted by atomic mass is 35.5. The summed E-state index contributed by atoms with van der Waals surface area (Å²) >= 11 is 7.37. The molecular formula is C16H14ClN3O2S. The quantitative estimate of drug-likeness (QED) is 0.769. The van der Waals surface area contributed by atoms with Crippen LogP contribution in [0.2, 0.25) is 5.02 Å². The Morgan fingerprint density at radius 3 is 2.52 bits per heavy atom. The molecule has 0 saturated heterocycles. The molecule has 0 aliphatic carbocycles. The summed E-state index contributed by atoms with van der Waals surface area (Å²) in [6.45, 7) is 3.53. The molecular weight excluding hydrogens is 334 g/mol. The molecule has 5 nitrogen and oxygen atoms in total. The van der Waals surface area contributed by atoms with E-state index in [-0.39, 0.29) is 16.9 Å². The van der Waals surface area contributed by atoms with Gasteiger partial charge in [0.1, 0.15) is 16.3 Å². The third-order valence-electron chi connectivity index (χ3n) is 3.51. The lowest BCUT2D eigenvalue weighted by molar-refractivity contribution is 0.460. The van der Waals surface area contributed by atoms with E-state index in [1.165, 1.54) is 16.0 Å². The normalized spacial score (nSPS) is 11.0. The standard InChI is InChI=1S/C16H14ClN3O2S/c1-8-14(21)12(16(22)20(3)19-8)13-9(2)23-15(18-13)10-4-6-11(17)7-5-10/h4-7,21H,1-3H3. The maximum Gasteiger partial charge on any atom is 0.279 e. The van der Waals surface area contributed by atoms with Crippen molar-refractivity contribution in [3.05, 3.63) is 50.2 Å². The number of aromatic nitrogens is 3. The van der Waals surface area contributed by atoms with Crippen LogP contribution in [0.5, 0.6) is 5.75 Å². The minimum Gasteiger partial charge on any atom is -0.505 e. The second kappa shape index (κ2) is 5.79. The number of aromatic hydroxyl groups is 1. The van der Waals surface area contributed by atoms with Gasteiger partial charge in [-0.05, 0) is 26.0 Å². The van der Waals surface area contributed by atoms with Crippen molar-refractivity contribution in [1.82, 2.24) is 14.8 Å². The minimum atomic E-state index is -0.371. The van der Waals surface area contributed by atoms with Crippen molar-refractivity contribution in [2.24, 2.45) is 7.05 Å². The van der Waals surface area contributed by atoms with E-state index in [1.807, 2.05) is 19.1 Å². The fraction of sp³-hybridized carbons (Fsp3) is 0.188. The molecule has 1 aromatic carbocycles. The van der Waals surface area contributed by atoms with Gasteiger partial charge < -0.3 is 5.11 Å². The van der Waals surface area contributed by atoms with Crippen LogP contribution in [0.3, 0.4) is 0 Å². The van der Waals surface area contributed by atoms with Gasteiger partial charge in [-0.3, -0.25) is 4.79 Å². The van der Waals surface area contributed by atoms with Gasteiger partial charge in [-0.15, -0.1) is 11.3 Å². The van der Waals surface area contributed by atoms with E-state index in [0.29, 0.717) is 16.4 Å². The first kappa shape index (κ1) is 15.7. The predicted octanol–water partition coefficient (Wildman–Crippen LogP) is 3.55. The molecule has 23 heavy (non-hydrogen) atoms. The fourth-order valence-electron chi connectivity index (χ4n) is 2.32. The molecule has 0 saturated carbocycles. The van der Waals surface area contributed by atoms with Crippen LogP contribution in [-0.4, -0.2) is 19.9 Å². The highest BCUT2D eigenvalue weighted by molar-refractivity contribution is 7.15. The smallest absolute Gasteiger partial charge is 0.279 e. The Bertz CT molecular complexity index is 945. The third kappa shape index (κ3) is 2.75. The first-order valence-corrected chi connectivity index (χ1v) is 8.08. The fourth-order valence-corrected chi connectivity index (χ4v) is 3.37. The van der Waals surface area contributed by atoms with Crippen molar-refractivity contribution in [2.45, 2.75) is 13.8 Å². The molecule has 2 aromatic heterocycles. The van der Waals surface area contributed by atoms with Gasteiger partial charge in [0.05, 0.1) is 5.69 Å². The first-order valence-electron chi connectivity index (χ1n) is 6.89. The number of aryl methyl sites for hydroxylation is 3. The lowest BCUT2D eigenvalue weighted by atomic mass is 10.1. The van der Waals surface area contributed by atoms with Crippen LogP contribution in [0, 0.1) is 13.8 Å². The molecule has 3 aromatic rings. The second-order valence-corrected chi connectivity index (χ2v) is 6.81. The SMILES string of the molecule is Cc1nn(C)c(=O)c(-c2nc(-c3ccc(Cl)cc3)sc2C)c1O. The highest BCUT2D eigenvalue weighted by Gasteiger charge is 2.21. The molecule has 0 bridgehead atoms. The monoisotopic (exact) mass is 347 g/mol. The largest absolute Gasteiger partial charge is 0.505 e. The Hall–Kier alpha value is -2.18. The van der Waals surface area contributed by atoms with Crippen LogP contribution in [0.25, 0.3) is 21.8 Å². The Kier molecular flexibility index (Phi) is 3.95. The average Bonchev–Trinajstić information content (AvgIpc) is 2.88. The van der Waals surface area contributed by atoms with E-state index in [9.17, 15) is 9.90 Å². The van der Waals surface area contributed by atoms with Crippen LogP contribution in [0.15, 0.2) is 29.1 Å². The van der Waals surface area contributed by atoms with Crippen molar-refractivity contribution in [3.63, 3.8) is 0 Å². The number of benzene rings is 1. The first-order chi connectivity index (χ1) is 10.9. The summed E-state index contributed by atoms with van der Waals surface area (Å²) in [5.41, 5.74) is 1.61. The lowest BCUT2D eigenvalue weighted by Gasteiger charge is -2.07.